The van der Waals surface area contributed by atoms with Crippen LogP contribution in [0.1, 0.15) is 19.5 Å². The number of aryl methyl sites for hydroxylation is 1. The van der Waals surface area contributed by atoms with Crippen molar-refractivity contribution in [1.29, 1.82) is 0 Å². The smallest absolute Gasteiger partial charge is 0.139 e. The van der Waals surface area contributed by atoms with Gasteiger partial charge in [-0.2, -0.15) is 0 Å². The summed E-state index contributed by atoms with van der Waals surface area (Å²) in [6.07, 6.45) is 8.14. The van der Waals surface area contributed by atoms with Crippen molar-refractivity contribution in [3.63, 3.8) is 0 Å². The van der Waals surface area contributed by atoms with Crippen LogP contribution in [0.25, 0.3) is 16.5 Å². The number of hydrogen-bond donors (Lipinski definition) is 1. The number of benzene rings is 1. The minimum Gasteiger partial charge on any atom is -0.497 e. The third-order valence-electron chi connectivity index (χ3n) is 4.28. The van der Waals surface area contributed by atoms with Gasteiger partial charge in [0.2, 0.25) is 0 Å². The van der Waals surface area contributed by atoms with Gasteiger partial charge in [0.25, 0.3) is 0 Å². The number of aromatic nitrogens is 2. The van der Waals surface area contributed by atoms with Crippen LogP contribution >= 0.6 is 0 Å². The van der Waals surface area contributed by atoms with Gasteiger partial charge in [-0.15, -0.1) is 0 Å². The predicted molar refractivity (Wildman–Crippen MR) is 105 cm³/mol. The molecule has 0 aliphatic rings. The summed E-state index contributed by atoms with van der Waals surface area (Å²) in [6, 6.07) is 12.1. The zero-order chi connectivity index (χ0) is 17.8. The molecule has 0 aliphatic carbocycles. The third kappa shape index (κ3) is 3.29. The fourth-order valence-electron chi connectivity index (χ4n) is 2.96. The van der Waals surface area contributed by atoms with Crippen LogP contribution < -0.4 is 10.1 Å². The Bertz CT molecular complexity index is 934. The number of hydrogen-bond acceptors (Lipinski definition) is 3. The molecule has 0 aliphatic heterocycles. The van der Waals surface area contributed by atoms with Crippen molar-refractivity contribution in [3.05, 3.63) is 66.5 Å². The van der Waals surface area contributed by atoms with Crippen LogP contribution in [-0.4, -0.2) is 16.7 Å². The molecule has 0 radical (unpaired) electrons. The van der Waals surface area contributed by atoms with E-state index in [1.807, 2.05) is 43.5 Å². The Morgan fingerprint density at radius 3 is 2.56 bits per heavy atom. The zero-order valence-electron chi connectivity index (χ0n) is 15.1. The average molecular weight is 333 g/mol. The van der Waals surface area contributed by atoms with Gasteiger partial charge >= 0.3 is 0 Å². The normalized spacial score (nSPS) is 12.1. The molecule has 3 aromatic rings. The van der Waals surface area contributed by atoms with E-state index >= 15 is 0 Å². The van der Waals surface area contributed by atoms with Crippen molar-refractivity contribution in [1.82, 2.24) is 9.55 Å². The summed E-state index contributed by atoms with van der Waals surface area (Å²) in [6.45, 7) is 4.09. The van der Waals surface area contributed by atoms with Crippen molar-refractivity contribution in [2.24, 2.45) is 7.05 Å². The van der Waals surface area contributed by atoms with E-state index in [-0.39, 0.29) is 0 Å². The van der Waals surface area contributed by atoms with E-state index in [0.717, 1.165) is 28.2 Å². The van der Waals surface area contributed by atoms with Crippen molar-refractivity contribution in [3.8, 4) is 5.75 Å². The summed E-state index contributed by atoms with van der Waals surface area (Å²) < 4.78 is 7.41. The molecule has 0 fully saturated rings. The van der Waals surface area contributed by atoms with Gasteiger partial charge < -0.3 is 14.6 Å². The molecule has 0 spiro atoms. The molecule has 2 heterocycles. The largest absolute Gasteiger partial charge is 0.497 e. The van der Waals surface area contributed by atoms with Crippen LogP contribution in [0.15, 0.2) is 60.8 Å². The molecular formula is C21H23N3O. The fourth-order valence-corrected chi connectivity index (χ4v) is 2.96. The summed E-state index contributed by atoms with van der Waals surface area (Å²) >= 11 is 0. The minimum atomic E-state index is 0.836. The van der Waals surface area contributed by atoms with Crippen molar-refractivity contribution in [2.45, 2.75) is 13.8 Å². The molecule has 4 nitrogen and oxygen atoms in total. The Hall–Kier alpha value is -3.01. The summed E-state index contributed by atoms with van der Waals surface area (Å²) in [5, 5.41) is 4.51. The Balaban J connectivity index is 2.04. The topological polar surface area (TPSA) is 39.1 Å². The maximum Gasteiger partial charge on any atom is 0.139 e. The van der Waals surface area contributed by atoms with Crippen LogP contribution in [-0.2, 0) is 7.05 Å². The average Bonchev–Trinajstić information content (AvgIpc) is 2.98. The molecule has 0 atom stereocenters. The van der Waals surface area contributed by atoms with E-state index in [1.54, 1.807) is 7.11 Å². The van der Waals surface area contributed by atoms with Crippen LogP contribution in [0, 0.1) is 0 Å². The molecule has 0 saturated heterocycles. The molecule has 0 unspecified atom stereocenters. The van der Waals surface area contributed by atoms with E-state index in [9.17, 15) is 0 Å². The number of fused-ring (bicyclic) bond motifs is 1. The Labute approximate surface area is 148 Å². The zero-order valence-corrected chi connectivity index (χ0v) is 15.1. The van der Waals surface area contributed by atoms with Crippen molar-refractivity contribution >= 4 is 28.0 Å². The number of rotatable bonds is 5. The Morgan fingerprint density at radius 1 is 1.16 bits per heavy atom. The third-order valence-corrected chi connectivity index (χ3v) is 4.28. The number of nitrogens with zero attached hydrogens (tertiary/aromatic N) is 2. The monoisotopic (exact) mass is 333 g/mol. The SMILES string of the molecule is C/C=C\C(=C/C)c1cc2c(Nc3ccc(OC)cc3)nccc2n1C. The molecular weight excluding hydrogens is 310 g/mol. The number of anilines is 2. The van der Waals surface area contributed by atoms with Gasteiger partial charge in [-0.3, -0.25) is 0 Å². The predicted octanol–water partition coefficient (Wildman–Crippen LogP) is 5.30. The highest BCUT2D eigenvalue weighted by atomic mass is 16.5. The number of ether oxygens (including phenoxy) is 1. The van der Waals surface area contributed by atoms with Crippen LogP contribution in [0.5, 0.6) is 5.75 Å². The molecule has 1 N–H and O–H groups in total. The van der Waals surface area contributed by atoms with Gasteiger partial charge in [0.1, 0.15) is 11.6 Å². The Kier molecular flexibility index (Phi) is 4.89. The van der Waals surface area contributed by atoms with Gasteiger partial charge in [0, 0.05) is 30.0 Å². The van der Waals surface area contributed by atoms with Gasteiger partial charge in [0.15, 0.2) is 0 Å². The molecule has 2 aromatic heterocycles. The molecule has 0 saturated carbocycles. The van der Waals surface area contributed by atoms with E-state index in [2.05, 4.69) is 53.1 Å². The van der Waals surface area contributed by atoms with E-state index in [0.29, 0.717) is 0 Å². The van der Waals surface area contributed by atoms with Crippen molar-refractivity contribution < 1.29 is 4.74 Å². The highest BCUT2D eigenvalue weighted by Gasteiger charge is 2.12. The first kappa shape index (κ1) is 16.8. The van der Waals surface area contributed by atoms with Crippen LogP contribution in [0.2, 0.25) is 0 Å². The molecule has 0 bridgehead atoms. The van der Waals surface area contributed by atoms with E-state index < -0.39 is 0 Å². The lowest BCUT2D eigenvalue weighted by Gasteiger charge is -2.08. The van der Waals surface area contributed by atoms with Gasteiger partial charge in [-0.1, -0.05) is 18.2 Å². The maximum absolute atomic E-state index is 5.21. The number of pyridine rings is 1. The molecule has 4 heteroatoms. The molecule has 3 rings (SSSR count). The summed E-state index contributed by atoms with van der Waals surface area (Å²) in [7, 11) is 3.75. The second-order valence-corrected chi connectivity index (χ2v) is 5.78. The molecule has 1 aromatic carbocycles. The fraction of sp³-hybridized carbons (Fsp3) is 0.190. The first-order valence-corrected chi connectivity index (χ1v) is 8.32. The highest BCUT2D eigenvalue weighted by molar-refractivity contribution is 5.95. The van der Waals surface area contributed by atoms with Crippen LogP contribution in [0.3, 0.4) is 0 Å². The first-order valence-electron chi connectivity index (χ1n) is 8.32. The number of allylic oxidation sites excluding steroid dienone is 4. The maximum atomic E-state index is 5.21. The van der Waals surface area contributed by atoms with Crippen LogP contribution in [0.4, 0.5) is 11.5 Å². The van der Waals surface area contributed by atoms with E-state index in [4.69, 9.17) is 4.74 Å². The van der Waals surface area contributed by atoms with Gasteiger partial charge in [0.05, 0.1) is 12.6 Å². The van der Waals surface area contributed by atoms with E-state index in [1.165, 1.54) is 11.3 Å². The summed E-state index contributed by atoms with van der Waals surface area (Å²) in [5.41, 5.74) is 4.48. The lowest BCUT2D eigenvalue weighted by atomic mass is 10.1. The van der Waals surface area contributed by atoms with Crippen molar-refractivity contribution in [2.75, 3.05) is 12.4 Å². The summed E-state index contributed by atoms with van der Waals surface area (Å²) in [5.74, 6) is 1.68. The lowest BCUT2D eigenvalue weighted by Crippen LogP contribution is -1.96. The second kappa shape index (κ2) is 7.26. The minimum absolute atomic E-state index is 0.836. The standard InChI is InChI=1S/C21H23N3O/c1-5-7-15(6-2)20-14-18-19(24(20)3)12-13-22-21(18)23-16-8-10-17(25-4)11-9-16/h5-14H,1-4H3,(H,22,23)/b7-5-,15-6+. The quantitative estimate of drug-likeness (QED) is 0.644. The lowest BCUT2D eigenvalue weighted by molar-refractivity contribution is 0.415. The van der Waals surface area contributed by atoms with Gasteiger partial charge in [-0.25, -0.2) is 4.98 Å². The Morgan fingerprint density at radius 2 is 1.92 bits per heavy atom. The second-order valence-electron chi connectivity index (χ2n) is 5.78. The molecule has 0 amide bonds. The summed E-state index contributed by atoms with van der Waals surface area (Å²) in [4.78, 5) is 4.54. The highest BCUT2D eigenvalue weighted by Crippen LogP contribution is 2.30. The first-order chi connectivity index (χ1) is 12.2. The van der Waals surface area contributed by atoms with Gasteiger partial charge in [-0.05, 0) is 55.8 Å². The number of nitrogens with one attached hydrogen (secondary N) is 1. The molecule has 128 valence electrons. The molecule has 25 heavy (non-hydrogen) atoms. The number of methoxy groups -OCH3 is 1.